The number of aliphatic hydroxyl groups excluding tert-OH is 1. The van der Waals surface area contributed by atoms with Crippen LogP contribution in [0.2, 0.25) is 0 Å². The van der Waals surface area contributed by atoms with Crippen molar-refractivity contribution in [1.29, 1.82) is 0 Å². The van der Waals surface area contributed by atoms with Crippen LogP contribution in [0, 0.1) is 5.92 Å². The molecule has 1 saturated heterocycles. The third-order valence-electron chi connectivity index (χ3n) is 4.73. The van der Waals surface area contributed by atoms with Crippen molar-refractivity contribution in [3.8, 4) is 0 Å². The topological polar surface area (TPSA) is 78.4 Å². The predicted octanol–water partition coefficient (Wildman–Crippen LogP) is 1.98. The van der Waals surface area contributed by atoms with Crippen molar-refractivity contribution in [2.24, 2.45) is 5.92 Å². The van der Waals surface area contributed by atoms with Crippen molar-refractivity contribution in [3.63, 3.8) is 0 Å². The minimum absolute atomic E-state index is 0.0862. The number of amides is 2. The highest BCUT2D eigenvalue weighted by molar-refractivity contribution is 5.88. The zero-order chi connectivity index (χ0) is 15.4. The first-order chi connectivity index (χ1) is 10.8. The van der Waals surface area contributed by atoms with Crippen molar-refractivity contribution in [3.05, 3.63) is 17.3 Å². The normalized spacial score (nSPS) is 21.3. The second-order valence-corrected chi connectivity index (χ2v) is 6.28. The Morgan fingerprint density at radius 2 is 2.18 bits per heavy atom. The van der Waals surface area contributed by atoms with Gasteiger partial charge in [-0.25, -0.2) is 4.79 Å². The first kappa shape index (κ1) is 15.2. The molecule has 2 amide bonds. The number of nitrogens with one attached hydrogen (secondary N) is 1. The quantitative estimate of drug-likeness (QED) is 0.895. The molecule has 0 bridgehead atoms. The number of urea groups is 1. The molecule has 22 heavy (non-hydrogen) atoms. The molecule has 2 heterocycles. The zero-order valence-electron chi connectivity index (χ0n) is 12.9. The van der Waals surface area contributed by atoms with E-state index < -0.39 is 0 Å². The van der Waals surface area contributed by atoms with Gasteiger partial charge in [0.15, 0.2) is 5.82 Å². The first-order valence-electron chi connectivity index (χ1n) is 8.28. The molecule has 1 unspecified atom stereocenters. The van der Waals surface area contributed by atoms with E-state index in [1.54, 1.807) is 0 Å². The van der Waals surface area contributed by atoms with Crippen LogP contribution in [-0.2, 0) is 12.8 Å². The van der Waals surface area contributed by atoms with Crippen LogP contribution in [0.25, 0.3) is 0 Å². The summed E-state index contributed by atoms with van der Waals surface area (Å²) < 4.78 is 0. The zero-order valence-corrected chi connectivity index (χ0v) is 12.9. The van der Waals surface area contributed by atoms with Crippen LogP contribution in [0.4, 0.5) is 10.6 Å². The summed E-state index contributed by atoms with van der Waals surface area (Å²) in [6.07, 6.45) is 7.03. The van der Waals surface area contributed by atoms with Gasteiger partial charge >= 0.3 is 6.03 Å². The highest BCUT2D eigenvalue weighted by Gasteiger charge is 2.21. The number of nitrogens with zero attached hydrogens (tertiary/aromatic N) is 3. The Bertz CT molecular complexity index is 535. The second-order valence-electron chi connectivity index (χ2n) is 6.28. The van der Waals surface area contributed by atoms with Gasteiger partial charge < -0.3 is 10.0 Å². The molecule has 0 radical (unpaired) electrons. The Kier molecular flexibility index (Phi) is 4.87. The number of aromatic nitrogens is 2. The maximum absolute atomic E-state index is 12.4. The fraction of sp³-hybridized carbons (Fsp3) is 0.688. The van der Waals surface area contributed by atoms with E-state index in [9.17, 15) is 4.79 Å². The molecular formula is C16H24N4O2. The average molecular weight is 304 g/mol. The Hall–Kier alpha value is -1.69. The van der Waals surface area contributed by atoms with E-state index >= 15 is 0 Å². The second kappa shape index (κ2) is 7.05. The Labute approximate surface area is 130 Å². The van der Waals surface area contributed by atoms with E-state index in [0.717, 1.165) is 63.7 Å². The number of fused-ring (bicyclic) bond motifs is 1. The molecule has 6 nitrogen and oxygen atoms in total. The number of aryl methyl sites for hydroxylation is 2. The average Bonchev–Trinajstić information content (AvgIpc) is 2.85. The third kappa shape index (κ3) is 3.55. The van der Waals surface area contributed by atoms with Gasteiger partial charge in [0.1, 0.15) is 0 Å². The van der Waals surface area contributed by atoms with Gasteiger partial charge in [0.25, 0.3) is 0 Å². The number of aliphatic hydroxyl groups is 1. The van der Waals surface area contributed by atoms with Gasteiger partial charge in [-0.2, -0.15) is 5.10 Å². The lowest BCUT2D eigenvalue weighted by atomic mass is 9.98. The summed E-state index contributed by atoms with van der Waals surface area (Å²) in [4.78, 5) is 14.2. The van der Waals surface area contributed by atoms with Crippen molar-refractivity contribution in [1.82, 2.24) is 15.1 Å². The molecule has 1 atom stereocenters. The summed E-state index contributed by atoms with van der Waals surface area (Å²) >= 11 is 0. The maximum Gasteiger partial charge on any atom is 0.323 e. The van der Waals surface area contributed by atoms with E-state index in [1.807, 2.05) is 11.0 Å². The van der Waals surface area contributed by atoms with Crippen molar-refractivity contribution in [2.45, 2.75) is 44.9 Å². The minimum atomic E-state index is -0.0862. The molecule has 1 aromatic heterocycles. The van der Waals surface area contributed by atoms with Gasteiger partial charge in [0, 0.05) is 19.7 Å². The number of carbonyl (C=O) groups excluding carboxylic acids is 1. The SMILES string of the molecule is O=C(Nc1cc2c(nn1)CCC2)N1CCCC(CCO)CC1. The van der Waals surface area contributed by atoms with E-state index in [1.165, 1.54) is 5.56 Å². The molecule has 3 rings (SSSR count). The molecule has 120 valence electrons. The first-order valence-corrected chi connectivity index (χ1v) is 8.28. The fourth-order valence-electron chi connectivity index (χ4n) is 3.42. The number of anilines is 1. The number of carbonyl (C=O) groups is 1. The van der Waals surface area contributed by atoms with Crippen LogP contribution in [0.3, 0.4) is 0 Å². The van der Waals surface area contributed by atoms with E-state index in [-0.39, 0.29) is 12.6 Å². The number of hydrogen-bond donors (Lipinski definition) is 2. The molecule has 2 N–H and O–H groups in total. The lowest BCUT2D eigenvalue weighted by Gasteiger charge is -2.20. The number of likely N-dealkylation sites (tertiary alicyclic amines) is 1. The predicted molar refractivity (Wildman–Crippen MR) is 83.7 cm³/mol. The summed E-state index contributed by atoms with van der Waals surface area (Å²) in [5.41, 5.74) is 2.28. The molecule has 6 heteroatoms. The van der Waals surface area contributed by atoms with Crippen LogP contribution in [0.5, 0.6) is 0 Å². The van der Waals surface area contributed by atoms with Crippen molar-refractivity contribution in [2.75, 3.05) is 25.0 Å². The van der Waals surface area contributed by atoms with Crippen LogP contribution in [0.1, 0.15) is 43.4 Å². The molecule has 0 saturated carbocycles. The summed E-state index contributed by atoms with van der Waals surface area (Å²) in [6.45, 7) is 1.75. The van der Waals surface area contributed by atoms with E-state index in [0.29, 0.717) is 11.7 Å². The number of hydrogen-bond acceptors (Lipinski definition) is 4. The smallest absolute Gasteiger partial charge is 0.323 e. The lowest BCUT2D eigenvalue weighted by Crippen LogP contribution is -2.36. The highest BCUT2D eigenvalue weighted by Crippen LogP contribution is 2.22. The fourth-order valence-corrected chi connectivity index (χ4v) is 3.42. The van der Waals surface area contributed by atoms with Gasteiger partial charge in [-0.3, -0.25) is 5.32 Å². The molecule has 1 fully saturated rings. The Morgan fingerprint density at radius 3 is 3.05 bits per heavy atom. The number of rotatable bonds is 3. The summed E-state index contributed by atoms with van der Waals surface area (Å²) in [5, 5.41) is 20.2. The molecule has 0 spiro atoms. The van der Waals surface area contributed by atoms with Gasteiger partial charge in [-0.1, -0.05) is 0 Å². The summed E-state index contributed by atoms with van der Waals surface area (Å²) in [7, 11) is 0. The molecular weight excluding hydrogens is 280 g/mol. The maximum atomic E-state index is 12.4. The van der Waals surface area contributed by atoms with Crippen LogP contribution < -0.4 is 5.32 Å². The summed E-state index contributed by atoms with van der Waals surface area (Å²) in [5.74, 6) is 1.09. The molecule has 1 aromatic rings. The van der Waals surface area contributed by atoms with Gasteiger partial charge in [-0.05, 0) is 62.5 Å². The lowest BCUT2D eigenvalue weighted by molar-refractivity contribution is 0.211. The van der Waals surface area contributed by atoms with E-state index in [4.69, 9.17) is 5.11 Å². The monoisotopic (exact) mass is 304 g/mol. The van der Waals surface area contributed by atoms with E-state index in [2.05, 4.69) is 15.5 Å². The van der Waals surface area contributed by atoms with Crippen molar-refractivity contribution < 1.29 is 9.90 Å². The third-order valence-corrected chi connectivity index (χ3v) is 4.73. The van der Waals surface area contributed by atoms with Crippen LogP contribution in [-0.4, -0.2) is 45.9 Å². The largest absolute Gasteiger partial charge is 0.396 e. The molecule has 2 aliphatic rings. The van der Waals surface area contributed by atoms with Crippen LogP contribution in [0.15, 0.2) is 6.07 Å². The minimum Gasteiger partial charge on any atom is -0.396 e. The van der Waals surface area contributed by atoms with Crippen molar-refractivity contribution >= 4 is 11.8 Å². The molecule has 0 aromatic carbocycles. The Morgan fingerprint density at radius 1 is 1.27 bits per heavy atom. The van der Waals surface area contributed by atoms with Crippen LogP contribution >= 0.6 is 0 Å². The Balaban J connectivity index is 1.57. The molecule has 1 aliphatic carbocycles. The standard InChI is InChI=1S/C16H24N4O2/c21-10-7-12-3-2-8-20(9-6-12)16(22)17-15-11-13-4-1-5-14(13)18-19-15/h11-12,21H,1-10H2,(H,17,19,22). The van der Waals surface area contributed by atoms with Gasteiger partial charge in [0.2, 0.25) is 0 Å². The highest BCUT2D eigenvalue weighted by atomic mass is 16.3. The van der Waals surface area contributed by atoms with Gasteiger partial charge in [0.05, 0.1) is 5.69 Å². The summed E-state index contributed by atoms with van der Waals surface area (Å²) in [6, 6.07) is 1.87. The van der Waals surface area contributed by atoms with Gasteiger partial charge in [-0.15, -0.1) is 5.10 Å². The molecule has 1 aliphatic heterocycles.